The molecule has 8 heteroatoms. The lowest BCUT2D eigenvalue weighted by atomic mass is 10.0. The van der Waals surface area contributed by atoms with E-state index < -0.39 is 35.6 Å². The standard InChI is InChI=1S/C16H14F2N2O4/c17-8-1-2-11(18)10(5-8)12-6-9(21)7-20(12)16(23)14-4-3-13(24-14)15(19)22/h1-5,9,12,21H,6-7H2,(H2,19,22)/t9-,12-/m1/s1. The number of benzene rings is 1. The molecule has 1 fully saturated rings. The second-order valence-corrected chi connectivity index (χ2v) is 5.56. The van der Waals surface area contributed by atoms with Crippen LogP contribution in [0, 0.1) is 11.6 Å². The van der Waals surface area contributed by atoms with Crippen LogP contribution in [0.25, 0.3) is 0 Å². The van der Waals surface area contributed by atoms with Crippen molar-refractivity contribution >= 4 is 11.8 Å². The van der Waals surface area contributed by atoms with Crippen LogP contribution in [0.2, 0.25) is 0 Å². The molecule has 1 aliphatic heterocycles. The normalized spacial score (nSPS) is 20.4. The van der Waals surface area contributed by atoms with E-state index in [1.54, 1.807) is 0 Å². The molecule has 2 heterocycles. The van der Waals surface area contributed by atoms with Gasteiger partial charge in [0.25, 0.3) is 11.8 Å². The lowest BCUT2D eigenvalue weighted by molar-refractivity contribution is 0.0679. The van der Waals surface area contributed by atoms with Crippen molar-refractivity contribution in [2.24, 2.45) is 5.73 Å². The summed E-state index contributed by atoms with van der Waals surface area (Å²) in [7, 11) is 0. The van der Waals surface area contributed by atoms with Gasteiger partial charge in [-0.2, -0.15) is 0 Å². The van der Waals surface area contributed by atoms with Crippen molar-refractivity contribution in [1.82, 2.24) is 4.90 Å². The van der Waals surface area contributed by atoms with Gasteiger partial charge in [-0.15, -0.1) is 0 Å². The van der Waals surface area contributed by atoms with Crippen molar-refractivity contribution in [1.29, 1.82) is 0 Å². The van der Waals surface area contributed by atoms with E-state index in [1.807, 2.05) is 0 Å². The van der Waals surface area contributed by atoms with Crippen molar-refractivity contribution in [3.63, 3.8) is 0 Å². The molecule has 0 spiro atoms. The van der Waals surface area contributed by atoms with E-state index in [9.17, 15) is 23.5 Å². The summed E-state index contributed by atoms with van der Waals surface area (Å²) >= 11 is 0. The number of halogens is 2. The predicted octanol–water partition coefficient (Wildman–Crippen LogP) is 1.60. The largest absolute Gasteiger partial charge is 0.446 e. The van der Waals surface area contributed by atoms with Crippen LogP contribution in [0.3, 0.4) is 0 Å². The number of β-amino-alcohol motifs (C(OH)–C–C–N with tert-alkyl or cyclic N) is 1. The fraction of sp³-hybridized carbons (Fsp3) is 0.250. The molecule has 1 aromatic carbocycles. The number of furan rings is 1. The van der Waals surface area contributed by atoms with Crippen LogP contribution in [0.5, 0.6) is 0 Å². The average molecular weight is 336 g/mol. The third kappa shape index (κ3) is 2.88. The number of carbonyl (C=O) groups excluding carboxylic acids is 2. The summed E-state index contributed by atoms with van der Waals surface area (Å²) in [4.78, 5) is 24.8. The first-order chi connectivity index (χ1) is 11.4. The molecule has 1 aliphatic rings. The third-order valence-electron chi connectivity index (χ3n) is 3.92. The smallest absolute Gasteiger partial charge is 0.290 e. The zero-order valence-corrected chi connectivity index (χ0v) is 12.4. The van der Waals surface area contributed by atoms with E-state index >= 15 is 0 Å². The van der Waals surface area contributed by atoms with Gasteiger partial charge in [-0.3, -0.25) is 9.59 Å². The summed E-state index contributed by atoms with van der Waals surface area (Å²) in [5, 5.41) is 9.87. The van der Waals surface area contributed by atoms with Gasteiger partial charge in [-0.25, -0.2) is 8.78 Å². The van der Waals surface area contributed by atoms with Gasteiger partial charge in [0.05, 0.1) is 12.1 Å². The van der Waals surface area contributed by atoms with Crippen LogP contribution in [-0.4, -0.2) is 34.5 Å². The first-order valence-electron chi connectivity index (χ1n) is 7.20. The molecule has 3 N–H and O–H groups in total. The van der Waals surface area contributed by atoms with Gasteiger partial charge in [-0.1, -0.05) is 0 Å². The molecular weight excluding hydrogens is 322 g/mol. The molecule has 0 saturated carbocycles. The van der Waals surface area contributed by atoms with Crippen molar-refractivity contribution in [2.45, 2.75) is 18.6 Å². The minimum absolute atomic E-state index is 0.0263. The number of rotatable bonds is 3. The number of amides is 2. The Bertz CT molecular complexity index is 805. The quantitative estimate of drug-likeness (QED) is 0.890. The van der Waals surface area contributed by atoms with Crippen molar-refractivity contribution in [3.8, 4) is 0 Å². The van der Waals surface area contributed by atoms with E-state index in [0.717, 1.165) is 18.2 Å². The zero-order valence-electron chi connectivity index (χ0n) is 12.4. The second-order valence-electron chi connectivity index (χ2n) is 5.56. The number of primary amides is 1. The van der Waals surface area contributed by atoms with Gasteiger partial charge < -0.3 is 20.2 Å². The fourth-order valence-corrected chi connectivity index (χ4v) is 2.83. The minimum atomic E-state index is -0.882. The number of nitrogens with zero attached hydrogens (tertiary/aromatic N) is 1. The van der Waals surface area contributed by atoms with Gasteiger partial charge in [0.1, 0.15) is 11.6 Å². The number of aliphatic hydroxyl groups is 1. The van der Waals surface area contributed by atoms with Crippen LogP contribution in [0.1, 0.15) is 39.1 Å². The Morgan fingerprint density at radius 1 is 1.21 bits per heavy atom. The van der Waals surface area contributed by atoms with E-state index in [0.29, 0.717) is 0 Å². The lowest BCUT2D eigenvalue weighted by Gasteiger charge is -2.24. The highest BCUT2D eigenvalue weighted by Gasteiger charge is 2.38. The Labute approximate surface area is 135 Å². The van der Waals surface area contributed by atoms with Gasteiger partial charge in [0.2, 0.25) is 0 Å². The predicted molar refractivity (Wildman–Crippen MR) is 78.0 cm³/mol. The van der Waals surface area contributed by atoms with Crippen molar-refractivity contribution in [3.05, 3.63) is 59.1 Å². The first-order valence-corrected chi connectivity index (χ1v) is 7.20. The fourth-order valence-electron chi connectivity index (χ4n) is 2.83. The summed E-state index contributed by atoms with van der Waals surface area (Å²) in [6.45, 7) is -0.0634. The van der Waals surface area contributed by atoms with E-state index in [2.05, 4.69) is 0 Å². The first kappa shape index (κ1) is 16.1. The maximum Gasteiger partial charge on any atom is 0.290 e. The van der Waals surface area contributed by atoms with Gasteiger partial charge in [0, 0.05) is 12.1 Å². The molecule has 0 aliphatic carbocycles. The van der Waals surface area contributed by atoms with Crippen LogP contribution in [0.4, 0.5) is 8.78 Å². The summed E-state index contributed by atoms with van der Waals surface area (Å²) in [5.41, 5.74) is 5.04. The molecule has 126 valence electrons. The Morgan fingerprint density at radius 3 is 2.58 bits per heavy atom. The Balaban J connectivity index is 1.93. The highest BCUT2D eigenvalue weighted by molar-refractivity contribution is 5.95. The van der Waals surface area contributed by atoms with Crippen LogP contribution in [0.15, 0.2) is 34.7 Å². The number of hydrogen-bond acceptors (Lipinski definition) is 4. The molecule has 2 atom stereocenters. The highest BCUT2D eigenvalue weighted by Crippen LogP contribution is 2.35. The molecule has 0 bridgehead atoms. The van der Waals surface area contributed by atoms with E-state index in [4.69, 9.17) is 10.2 Å². The lowest BCUT2D eigenvalue weighted by Crippen LogP contribution is -2.32. The van der Waals surface area contributed by atoms with Crippen LogP contribution >= 0.6 is 0 Å². The van der Waals surface area contributed by atoms with Crippen molar-refractivity contribution < 1.29 is 27.9 Å². The second kappa shape index (κ2) is 6.04. The Morgan fingerprint density at radius 2 is 1.92 bits per heavy atom. The Hall–Kier alpha value is -2.74. The van der Waals surface area contributed by atoms with Crippen LogP contribution < -0.4 is 5.73 Å². The Kier molecular flexibility index (Phi) is 4.06. The number of hydrogen-bond donors (Lipinski definition) is 2. The van der Waals surface area contributed by atoms with Gasteiger partial charge in [0.15, 0.2) is 11.5 Å². The molecule has 2 amide bonds. The maximum absolute atomic E-state index is 14.0. The summed E-state index contributed by atoms with van der Waals surface area (Å²) in [5.74, 6) is -3.15. The molecule has 6 nitrogen and oxygen atoms in total. The minimum Gasteiger partial charge on any atom is -0.446 e. The number of nitrogens with two attached hydrogens (primary N) is 1. The zero-order chi connectivity index (χ0) is 17.4. The molecule has 3 rings (SSSR count). The number of aliphatic hydroxyl groups excluding tert-OH is 1. The summed E-state index contributed by atoms with van der Waals surface area (Å²) in [6.07, 6.45) is -0.817. The molecule has 0 unspecified atom stereocenters. The molecule has 1 aromatic heterocycles. The number of carbonyl (C=O) groups is 2. The van der Waals surface area contributed by atoms with Gasteiger partial charge in [-0.05, 0) is 36.8 Å². The highest BCUT2D eigenvalue weighted by atomic mass is 19.1. The number of likely N-dealkylation sites (tertiary alicyclic amines) is 1. The van der Waals surface area contributed by atoms with E-state index in [-0.39, 0.29) is 30.0 Å². The summed E-state index contributed by atoms with van der Waals surface area (Å²) < 4.78 is 32.5. The summed E-state index contributed by atoms with van der Waals surface area (Å²) in [6, 6.07) is 4.62. The van der Waals surface area contributed by atoms with E-state index in [1.165, 1.54) is 17.0 Å². The SMILES string of the molecule is NC(=O)c1ccc(C(=O)N2C[C@H](O)C[C@@H]2c2cc(F)ccc2F)o1. The van der Waals surface area contributed by atoms with Crippen LogP contribution in [-0.2, 0) is 0 Å². The molecule has 1 saturated heterocycles. The monoisotopic (exact) mass is 336 g/mol. The topological polar surface area (TPSA) is 96.8 Å². The molecule has 24 heavy (non-hydrogen) atoms. The van der Waals surface area contributed by atoms with Gasteiger partial charge >= 0.3 is 0 Å². The molecule has 0 radical (unpaired) electrons. The molecular formula is C16H14F2N2O4. The molecule has 2 aromatic rings. The average Bonchev–Trinajstić information content (AvgIpc) is 3.16. The third-order valence-corrected chi connectivity index (χ3v) is 3.92. The maximum atomic E-state index is 14.0. The van der Waals surface area contributed by atoms with Crippen molar-refractivity contribution in [2.75, 3.05) is 6.54 Å².